The van der Waals surface area contributed by atoms with Crippen LogP contribution >= 0.6 is 0 Å². The van der Waals surface area contributed by atoms with Crippen LogP contribution < -0.4 is 5.32 Å². The number of benzene rings is 1. The molecule has 0 spiro atoms. The van der Waals surface area contributed by atoms with Crippen molar-refractivity contribution in [3.8, 4) is 0 Å². The Hall–Kier alpha value is -1.91. The Morgan fingerprint density at radius 2 is 2.11 bits per heavy atom. The molecule has 1 rings (SSSR count). The number of halogens is 1. The Balaban J connectivity index is 2.83. The molecule has 0 aliphatic carbocycles. The summed E-state index contributed by atoms with van der Waals surface area (Å²) in [5.74, 6) is -1.98. The molecule has 0 bridgehead atoms. The number of rotatable bonds is 5. The lowest BCUT2D eigenvalue weighted by atomic mass is 10.1. The Labute approximate surface area is 105 Å². The summed E-state index contributed by atoms with van der Waals surface area (Å²) < 4.78 is 12.9. The first-order chi connectivity index (χ1) is 8.45. The van der Waals surface area contributed by atoms with Crippen molar-refractivity contribution in [2.45, 2.75) is 32.7 Å². The third-order valence-electron chi connectivity index (χ3n) is 2.61. The Morgan fingerprint density at radius 3 is 2.61 bits per heavy atom. The van der Waals surface area contributed by atoms with Crippen molar-refractivity contribution < 1.29 is 19.1 Å². The van der Waals surface area contributed by atoms with Gasteiger partial charge in [-0.3, -0.25) is 4.79 Å². The summed E-state index contributed by atoms with van der Waals surface area (Å²) >= 11 is 0. The number of hydrogen-bond acceptors (Lipinski definition) is 2. The maximum atomic E-state index is 12.9. The molecule has 0 aliphatic heterocycles. The molecule has 18 heavy (non-hydrogen) atoms. The van der Waals surface area contributed by atoms with Crippen LogP contribution in [-0.2, 0) is 4.79 Å². The zero-order chi connectivity index (χ0) is 13.7. The van der Waals surface area contributed by atoms with Gasteiger partial charge < -0.3 is 10.4 Å². The second-order valence-electron chi connectivity index (χ2n) is 4.11. The van der Waals surface area contributed by atoms with Gasteiger partial charge in [-0.25, -0.2) is 9.18 Å². The minimum atomic E-state index is -1.06. The maximum absolute atomic E-state index is 12.9. The van der Waals surface area contributed by atoms with Crippen molar-refractivity contribution >= 4 is 11.9 Å². The highest BCUT2D eigenvalue weighted by Gasteiger charge is 2.20. The maximum Gasteiger partial charge on any atom is 0.326 e. The van der Waals surface area contributed by atoms with E-state index >= 15 is 0 Å². The molecule has 0 heterocycles. The molecule has 1 aromatic rings. The SMILES string of the molecule is CCCC(NC(=O)c1ccc(F)cc1C)C(=O)O. The van der Waals surface area contributed by atoms with Crippen molar-refractivity contribution in [2.75, 3.05) is 0 Å². The molecule has 5 heteroatoms. The summed E-state index contributed by atoms with van der Waals surface area (Å²) in [4.78, 5) is 22.8. The minimum absolute atomic E-state index is 0.291. The average molecular weight is 253 g/mol. The molecule has 4 nitrogen and oxygen atoms in total. The van der Waals surface area contributed by atoms with Gasteiger partial charge in [0.05, 0.1) is 0 Å². The highest BCUT2D eigenvalue weighted by atomic mass is 19.1. The van der Waals surface area contributed by atoms with E-state index in [0.29, 0.717) is 24.0 Å². The van der Waals surface area contributed by atoms with Gasteiger partial charge in [-0.2, -0.15) is 0 Å². The molecule has 0 radical (unpaired) electrons. The van der Waals surface area contributed by atoms with Crippen LogP contribution in [-0.4, -0.2) is 23.0 Å². The number of aliphatic carboxylic acids is 1. The van der Waals surface area contributed by atoms with E-state index in [9.17, 15) is 14.0 Å². The van der Waals surface area contributed by atoms with Crippen LogP contribution in [0, 0.1) is 12.7 Å². The number of carboxylic acid groups (broad SMARTS) is 1. The van der Waals surface area contributed by atoms with E-state index in [4.69, 9.17) is 5.11 Å². The van der Waals surface area contributed by atoms with Crippen LogP contribution in [0.4, 0.5) is 4.39 Å². The smallest absolute Gasteiger partial charge is 0.326 e. The van der Waals surface area contributed by atoms with Gasteiger partial charge in [-0.05, 0) is 37.1 Å². The summed E-state index contributed by atoms with van der Waals surface area (Å²) in [7, 11) is 0. The fraction of sp³-hybridized carbons (Fsp3) is 0.385. The van der Waals surface area contributed by atoms with Crippen LogP contribution in [0.15, 0.2) is 18.2 Å². The van der Waals surface area contributed by atoms with Gasteiger partial charge in [0, 0.05) is 5.56 Å². The van der Waals surface area contributed by atoms with Gasteiger partial charge >= 0.3 is 5.97 Å². The first-order valence-corrected chi connectivity index (χ1v) is 5.75. The number of nitrogens with one attached hydrogen (secondary N) is 1. The third kappa shape index (κ3) is 3.55. The molecule has 1 unspecified atom stereocenters. The number of hydrogen-bond donors (Lipinski definition) is 2. The summed E-state index contributed by atoms with van der Waals surface area (Å²) in [5.41, 5.74) is 0.770. The predicted molar refractivity (Wildman–Crippen MR) is 64.9 cm³/mol. The molecule has 0 fully saturated rings. The fourth-order valence-corrected chi connectivity index (χ4v) is 1.66. The second-order valence-corrected chi connectivity index (χ2v) is 4.11. The summed E-state index contributed by atoms with van der Waals surface area (Å²) in [6.07, 6.45) is 1.01. The van der Waals surface area contributed by atoms with Gasteiger partial charge in [-0.1, -0.05) is 13.3 Å². The molecular weight excluding hydrogens is 237 g/mol. The van der Waals surface area contributed by atoms with E-state index in [0.717, 1.165) is 0 Å². The first-order valence-electron chi connectivity index (χ1n) is 5.75. The lowest BCUT2D eigenvalue weighted by molar-refractivity contribution is -0.139. The number of carboxylic acids is 1. The summed E-state index contributed by atoms with van der Waals surface area (Å²) in [6, 6.07) is 2.86. The molecule has 0 saturated carbocycles. The van der Waals surface area contributed by atoms with Crippen molar-refractivity contribution in [1.29, 1.82) is 0 Å². The largest absolute Gasteiger partial charge is 0.480 e. The van der Waals surface area contributed by atoms with Crippen molar-refractivity contribution in [3.63, 3.8) is 0 Å². The van der Waals surface area contributed by atoms with E-state index in [1.807, 2.05) is 6.92 Å². The van der Waals surface area contributed by atoms with Crippen LogP contribution in [0.1, 0.15) is 35.7 Å². The molecule has 1 aromatic carbocycles. The topological polar surface area (TPSA) is 66.4 Å². The van der Waals surface area contributed by atoms with Crippen molar-refractivity contribution in [3.05, 3.63) is 35.1 Å². The average Bonchev–Trinajstić information content (AvgIpc) is 2.27. The number of carbonyl (C=O) groups excluding carboxylic acids is 1. The van der Waals surface area contributed by atoms with E-state index in [1.54, 1.807) is 6.92 Å². The Bertz CT molecular complexity index is 460. The van der Waals surface area contributed by atoms with Crippen LogP contribution in [0.3, 0.4) is 0 Å². The quantitative estimate of drug-likeness (QED) is 0.844. The Morgan fingerprint density at radius 1 is 1.44 bits per heavy atom. The highest BCUT2D eigenvalue weighted by Crippen LogP contribution is 2.10. The van der Waals surface area contributed by atoms with E-state index in [-0.39, 0.29) is 0 Å². The molecule has 0 aliphatic rings. The fourth-order valence-electron chi connectivity index (χ4n) is 1.66. The van der Waals surface area contributed by atoms with Gasteiger partial charge in [-0.15, -0.1) is 0 Å². The van der Waals surface area contributed by atoms with Gasteiger partial charge in [0.15, 0.2) is 0 Å². The van der Waals surface area contributed by atoms with Crippen LogP contribution in [0.2, 0.25) is 0 Å². The van der Waals surface area contributed by atoms with Crippen LogP contribution in [0.25, 0.3) is 0 Å². The zero-order valence-electron chi connectivity index (χ0n) is 10.4. The number of amides is 1. The molecule has 0 saturated heterocycles. The molecule has 98 valence electrons. The minimum Gasteiger partial charge on any atom is -0.480 e. The Kier molecular flexibility index (Phi) is 4.83. The van der Waals surface area contributed by atoms with Gasteiger partial charge in [0.25, 0.3) is 5.91 Å². The molecule has 1 atom stereocenters. The first kappa shape index (κ1) is 14.2. The lowest BCUT2D eigenvalue weighted by Crippen LogP contribution is -2.40. The lowest BCUT2D eigenvalue weighted by Gasteiger charge is -2.14. The third-order valence-corrected chi connectivity index (χ3v) is 2.61. The van der Waals surface area contributed by atoms with Crippen molar-refractivity contribution in [1.82, 2.24) is 5.32 Å². The van der Waals surface area contributed by atoms with Gasteiger partial charge in [0.1, 0.15) is 11.9 Å². The molecule has 0 aromatic heterocycles. The molecule has 1 amide bonds. The van der Waals surface area contributed by atoms with E-state index in [1.165, 1.54) is 18.2 Å². The summed E-state index contributed by atoms with van der Waals surface area (Å²) in [6.45, 7) is 3.44. The zero-order valence-corrected chi connectivity index (χ0v) is 10.4. The van der Waals surface area contributed by atoms with Crippen molar-refractivity contribution in [2.24, 2.45) is 0 Å². The standard InChI is InChI=1S/C13H16FNO3/c1-3-4-11(13(17)18)15-12(16)10-6-5-9(14)7-8(10)2/h5-7,11H,3-4H2,1-2H3,(H,15,16)(H,17,18). The number of carbonyl (C=O) groups is 2. The highest BCUT2D eigenvalue weighted by molar-refractivity contribution is 5.97. The normalized spacial score (nSPS) is 11.9. The summed E-state index contributed by atoms with van der Waals surface area (Å²) in [5, 5.41) is 11.4. The second kappa shape index (κ2) is 6.14. The van der Waals surface area contributed by atoms with E-state index < -0.39 is 23.7 Å². The van der Waals surface area contributed by atoms with E-state index in [2.05, 4.69) is 5.32 Å². The van der Waals surface area contributed by atoms with Crippen LogP contribution in [0.5, 0.6) is 0 Å². The molecular formula is C13H16FNO3. The monoisotopic (exact) mass is 253 g/mol. The molecule has 2 N–H and O–H groups in total. The number of aryl methyl sites for hydroxylation is 1. The predicted octanol–water partition coefficient (Wildman–Crippen LogP) is 2.12. The van der Waals surface area contributed by atoms with Gasteiger partial charge in [0.2, 0.25) is 0 Å².